The first-order valence-electron chi connectivity index (χ1n) is 5.12. The minimum absolute atomic E-state index is 0.0898. The fourth-order valence-electron chi connectivity index (χ4n) is 1.27. The van der Waals surface area contributed by atoms with Crippen LogP contribution >= 0.6 is 0 Å². The van der Waals surface area contributed by atoms with E-state index < -0.39 is 0 Å². The van der Waals surface area contributed by atoms with E-state index >= 15 is 0 Å². The van der Waals surface area contributed by atoms with E-state index in [9.17, 15) is 4.79 Å². The number of benzene rings is 1. The highest BCUT2D eigenvalue weighted by molar-refractivity contribution is 5.97. The molecule has 1 aromatic carbocycles. The molecule has 5 heteroatoms. The summed E-state index contributed by atoms with van der Waals surface area (Å²) in [5.41, 5.74) is 0.812. The topological polar surface area (TPSA) is 68.0 Å². The molecule has 0 atom stereocenters. The van der Waals surface area contributed by atoms with Crippen molar-refractivity contribution < 1.29 is 9.21 Å². The van der Waals surface area contributed by atoms with E-state index in [-0.39, 0.29) is 11.9 Å². The van der Waals surface area contributed by atoms with Gasteiger partial charge >= 0.3 is 6.01 Å². The van der Waals surface area contributed by atoms with Crippen molar-refractivity contribution in [1.82, 2.24) is 10.2 Å². The summed E-state index contributed by atoms with van der Waals surface area (Å²) in [4.78, 5) is 11.2. The van der Waals surface area contributed by atoms with Crippen LogP contribution in [-0.4, -0.2) is 16.1 Å². The van der Waals surface area contributed by atoms with E-state index in [0.717, 1.165) is 5.56 Å². The number of allylic oxidation sites excluding steroid dienone is 1. The van der Waals surface area contributed by atoms with Crippen molar-refractivity contribution >= 4 is 11.9 Å². The molecule has 1 amide bonds. The second-order valence-electron chi connectivity index (χ2n) is 3.27. The largest absolute Gasteiger partial charge is 0.403 e. The molecule has 86 valence electrons. The number of carbonyl (C=O) groups is 1. The van der Waals surface area contributed by atoms with Gasteiger partial charge in [-0.2, -0.15) is 0 Å². The van der Waals surface area contributed by atoms with Crippen LogP contribution in [-0.2, 0) is 4.79 Å². The molecule has 0 saturated carbocycles. The van der Waals surface area contributed by atoms with Gasteiger partial charge in [-0.25, -0.2) is 0 Å². The predicted molar refractivity (Wildman–Crippen MR) is 63.2 cm³/mol. The van der Waals surface area contributed by atoms with Crippen molar-refractivity contribution in [3.8, 4) is 11.5 Å². The second-order valence-corrected chi connectivity index (χ2v) is 3.27. The molecule has 17 heavy (non-hydrogen) atoms. The van der Waals surface area contributed by atoms with Crippen LogP contribution < -0.4 is 5.32 Å². The van der Waals surface area contributed by atoms with E-state index in [2.05, 4.69) is 15.5 Å². The number of nitrogens with one attached hydrogen (secondary N) is 1. The molecular weight excluding hydrogens is 218 g/mol. The Morgan fingerprint density at radius 2 is 2.06 bits per heavy atom. The highest BCUT2D eigenvalue weighted by atomic mass is 16.4. The smallest absolute Gasteiger partial charge is 0.322 e. The lowest BCUT2D eigenvalue weighted by atomic mass is 10.2. The Morgan fingerprint density at radius 3 is 2.76 bits per heavy atom. The molecule has 0 bridgehead atoms. The van der Waals surface area contributed by atoms with Gasteiger partial charge in [0.1, 0.15) is 0 Å². The lowest BCUT2D eigenvalue weighted by Crippen LogP contribution is -2.07. The Hall–Kier alpha value is -2.43. The van der Waals surface area contributed by atoms with Crippen molar-refractivity contribution in [2.24, 2.45) is 0 Å². The summed E-state index contributed by atoms with van der Waals surface area (Å²) in [7, 11) is 0. The first-order valence-corrected chi connectivity index (χ1v) is 5.12. The van der Waals surface area contributed by atoms with Crippen LogP contribution in [0.1, 0.15) is 6.92 Å². The van der Waals surface area contributed by atoms with Crippen molar-refractivity contribution in [1.29, 1.82) is 0 Å². The second kappa shape index (κ2) is 5.07. The maximum absolute atomic E-state index is 11.2. The van der Waals surface area contributed by atoms with Gasteiger partial charge in [0, 0.05) is 5.56 Å². The Kier molecular flexibility index (Phi) is 3.30. The van der Waals surface area contributed by atoms with Gasteiger partial charge in [0.25, 0.3) is 5.91 Å². The molecule has 1 heterocycles. The first kappa shape index (κ1) is 11.1. The van der Waals surface area contributed by atoms with Gasteiger partial charge in [0.2, 0.25) is 5.89 Å². The van der Waals surface area contributed by atoms with E-state index in [1.54, 1.807) is 13.0 Å². The summed E-state index contributed by atoms with van der Waals surface area (Å²) in [6.07, 6.45) is 3.01. The highest BCUT2D eigenvalue weighted by Gasteiger charge is 2.08. The third-order valence-electron chi connectivity index (χ3n) is 1.99. The maximum Gasteiger partial charge on any atom is 0.322 e. The number of anilines is 1. The maximum atomic E-state index is 11.2. The van der Waals surface area contributed by atoms with Crippen LogP contribution in [0.3, 0.4) is 0 Å². The fourth-order valence-corrected chi connectivity index (χ4v) is 1.27. The molecule has 0 saturated heterocycles. The van der Waals surface area contributed by atoms with Gasteiger partial charge in [0.05, 0.1) is 0 Å². The summed E-state index contributed by atoms with van der Waals surface area (Å²) >= 11 is 0. The van der Waals surface area contributed by atoms with Crippen molar-refractivity contribution in [2.45, 2.75) is 6.92 Å². The lowest BCUT2D eigenvalue weighted by Gasteiger charge is -1.94. The van der Waals surface area contributed by atoms with Crippen molar-refractivity contribution in [3.05, 3.63) is 42.5 Å². The number of rotatable bonds is 3. The molecule has 1 aromatic heterocycles. The number of hydrogen-bond donors (Lipinski definition) is 1. The third kappa shape index (κ3) is 2.78. The summed E-state index contributed by atoms with van der Waals surface area (Å²) in [6.45, 7) is 1.75. The van der Waals surface area contributed by atoms with E-state index in [4.69, 9.17) is 4.42 Å². The van der Waals surface area contributed by atoms with Gasteiger partial charge < -0.3 is 4.42 Å². The van der Waals surface area contributed by atoms with Crippen LogP contribution in [0.2, 0.25) is 0 Å². The quantitative estimate of drug-likeness (QED) is 0.819. The molecule has 0 aliphatic carbocycles. The number of hydrogen-bond acceptors (Lipinski definition) is 4. The Labute approximate surface area is 98.2 Å². The minimum Gasteiger partial charge on any atom is -0.403 e. The summed E-state index contributed by atoms with van der Waals surface area (Å²) in [6, 6.07) is 9.44. The number of aromatic nitrogens is 2. The summed E-state index contributed by atoms with van der Waals surface area (Å²) in [5, 5.41) is 10.0. The Morgan fingerprint density at radius 1 is 1.29 bits per heavy atom. The number of amides is 1. The minimum atomic E-state index is -0.296. The standard InChI is InChI=1S/C12H11N3O2/c1-2-6-10(16)13-12-15-14-11(17-12)9-7-4-3-5-8-9/h2-8H,1H3,(H,13,15,16)/b6-2-. The average molecular weight is 229 g/mol. The molecule has 2 aromatic rings. The monoisotopic (exact) mass is 229 g/mol. The zero-order valence-corrected chi connectivity index (χ0v) is 9.25. The van der Waals surface area contributed by atoms with E-state index in [1.165, 1.54) is 6.08 Å². The molecule has 0 aliphatic rings. The van der Waals surface area contributed by atoms with Crippen LogP contribution in [0.4, 0.5) is 6.01 Å². The first-order chi connectivity index (χ1) is 8.29. The Balaban J connectivity index is 2.14. The summed E-state index contributed by atoms with van der Waals surface area (Å²) < 4.78 is 5.30. The van der Waals surface area contributed by atoms with Gasteiger partial charge in [-0.3, -0.25) is 10.1 Å². The number of carbonyl (C=O) groups excluding carboxylic acids is 1. The van der Waals surface area contributed by atoms with Crippen LogP contribution in [0, 0.1) is 0 Å². The van der Waals surface area contributed by atoms with Gasteiger partial charge in [-0.15, -0.1) is 5.10 Å². The highest BCUT2D eigenvalue weighted by Crippen LogP contribution is 2.18. The van der Waals surface area contributed by atoms with Gasteiger partial charge in [-0.05, 0) is 25.1 Å². The molecule has 1 N–H and O–H groups in total. The van der Waals surface area contributed by atoms with E-state index in [0.29, 0.717) is 5.89 Å². The summed E-state index contributed by atoms with van der Waals surface area (Å²) in [5.74, 6) is 0.0807. The lowest BCUT2D eigenvalue weighted by molar-refractivity contribution is -0.112. The van der Waals surface area contributed by atoms with E-state index in [1.807, 2.05) is 30.3 Å². The zero-order chi connectivity index (χ0) is 12.1. The molecule has 0 radical (unpaired) electrons. The van der Waals surface area contributed by atoms with Crippen LogP contribution in [0.25, 0.3) is 11.5 Å². The molecular formula is C12H11N3O2. The van der Waals surface area contributed by atoms with Gasteiger partial charge in [0.15, 0.2) is 0 Å². The van der Waals surface area contributed by atoms with Crippen molar-refractivity contribution in [3.63, 3.8) is 0 Å². The Bertz CT molecular complexity index is 532. The number of nitrogens with zero attached hydrogens (tertiary/aromatic N) is 2. The molecule has 0 spiro atoms. The van der Waals surface area contributed by atoms with Gasteiger partial charge in [-0.1, -0.05) is 29.4 Å². The molecule has 0 unspecified atom stereocenters. The third-order valence-corrected chi connectivity index (χ3v) is 1.99. The average Bonchev–Trinajstić information content (AvgIpc) is 2.79. The predicted octanol–water partition coefficient (Wildman–Crippen LogP) is 2.25. The van der Waals surface area contributed by atoms with Crippen molar-refractivity contribution in [2.75, 3.05) is 5.32 Å². The zero-order valence-electron chi connectivity index (χ0n) is 9.25. The normalized spacial score (nSPS) is 10.6. The SMILES string of the molecule is C/C=C\C(=O)Nc1nnc(-c2ccccc2)o1. The molecule has 0 aliphatic heterocycles. The molecule has 2 rings (SSSR count). The fraction of sp³-hybridized carbons (Fsp3) is 0.0833. The van der Waals surface area contributed by atoms with Crippen LogP contribution in [0.5, 0.6) is 0 Å². The molecule has 0 fully saturated rings. The van der Waals surface area contributed by atoms with Crippen LogP contribution in [0.15, 0.2) is 46.9 Å². The molecule has 5 nitrogen and oxygen atoms in total.